The molecule has 0 bridgehead atoms. The molecule has 1 fully saturated rings. The average Bonchev–Trinajstić information content (AvgIpc) is 3.14. The smallest absolute Gasteiger partial charge is 0.254 e. The van der Waals surface area contributed by atoms with Crippen LogP contribution in [0.2, 0.25) is 0 Å². The number of morpholine rings is 1. The second-order valence-electron chi connectivity index (χ2n) is 7.13. The van der Waals surface area contributed by atoms with Gasteiger partial charge in [-0.1, -0.05) is 12.1 Å². The number of benzene rings is 1. The number of ether oxygens (including phenoxy) is 1. The van der Waals surface area contributed by atoms with Gasteiger partial charge >= 0.3 is 0 Å². The molecule has 4 rings (SSSR count). The number of carbonyl (C=O) groups is 1. The van der Waals surface area contributed by atoms with E-state index in [0.29, 0.717) is 31.4 Å². The van der Waals surface area contributed by atoms with E-state index in [2.05, 4.69) is 40.3 Å². The molecule has 3 heterocycles. The Labute approximate surface area is 188 Å². The molecule has 0 spiro atoms. The van der Waals surface area contributed by atoms with Gasteiger partial charge in [-0.25, -0.2) is 0 Å². The van der Waals surface area contributed by atoms with Crippen LogP contribution in [0.1, 0.15) is 23.4 Å². The molecule has 1 saturated heterocycles. The first-order valence-electron chi connectivity index (χ1n) is 9.44. The highest BCUT2D eigenvalue weighted by molar-refractivity contribution is 9.10. The number of allylic oxidation sites excluding steroid dienone is 1. The van der Waals surface area contributed by atoms with E-state index < -0.39 is 0 Å². The number of rotatable bonds is 3. The van der Waals surface area contributed by atoms with Crippen LogP contribution in [-0.2, 0) is 9.53 Å². The van der Waals surface area contributed by atoms with Gasteiger partial charge in [-0.3, -0.25) is 9.69 Å². The number of amides is 1. The molecule has 152 valence electrons. The summed E-state index contributed by atoms with van der Waals surface area (Å²) in [5, 5.41) is 6.05. The van der Waals surface area contributed by atoms with Gasteiger partial charge in [0.15, 0.2) is 5.11 Å². The molecule has 8 heteroatoms. The number of thiophene rings is 1. The number of halogens is 1. The largest absolute Gasteiger partial charge is 0.378 e. The summed E-state index contributed by atoms with van der Waals surface area (Å²) in [4.78, 5) is 18.5. The number of aryl methyl sites for hydroxylation is 1. The van der Waals surface area contributed by atoms with E-state index in [1.807, 2.05) is 40.3 Å². The van der Waals surface area contributed by atoms with Crippen molar-refractivity contribution in [3.63, 3.8) is 0 Å². The predicted octanol–water partition coefficient (Wildman–Crippen LogP) is 4.39. The summed E-state index contributed by atoms with van der Waals surface area (Å²) in [6.07, 6.45) is 0. The fourth-order valence-electron chi connectivity index (χ4n) is 3.73. The van der Waals surface area contributed by atoms with Crippen molar-refractivity contribution >= 4 is 56.2 Å². The summed E-state index contributed by atoms with van der Waals surface area (Å²) in [5.74, 6) is 0.0352. The van der Waals surface area contributed by atoms with Gasteiger partial charge < -0.3 is 15.0 Å². The molecule has 2 aromatic rings. The predicted molar refractivity (Wildman–Crippen MR) is 124 cm³/mol. The van der Waals surface area contributed by atoms with E-state index in [1.54, 1.807) is 11.3 Å². The second-order valence-corrected chi connectivity index (χ2v) is 9.37. The summed E-state index contributed by atoms with van der Waals surface area (Å²) < 4.78 is 6.44. The molecule has 5 nitrogen and oxygen atoms in total. The first-order valence-corrected chi connectivity index (χ1v) is 11.5. The van der Waals surface area contributed by atoms with Crippen molar-refractivity contribution in [3.05, 3.63) is 61.9 Å². The molecule has 0 aliphatic carbocycles. The molecule has 29 heavy (non-hydrogen) atoms. The minimum absolute atomic E-state index is 0.0352. The molecule has 2 aliphatic heterocycles. The Bertz CT molecular complexity index is 982. The van der Waals surface area contributed by atoms with Crippen LogP contribution in [0.15, 0.2) is 51.5 Å². The Morgan fingerprint density at radius 1 is 1.28 bits per heavy atom. The first-order chi connectivity index (χ1) is 14.0. The Kier molecular flexibility index (Phi) is 6.06. The number of hydrogen-bond acceptors (Lipinski definition) is 4. The van der Waals surface area contributed by atoms with Gasteiger partial charge in [-0.05, 0) is 65.8 Å². The summed E-state index contributed by atoms with van der Waals surface area (Å²) in [7, 11) is 0. The van der Waals surface area contributed by atoms with Crippen LogP contribution in [0.3, 0.4) is 0 Å². The van der Waals surface area contributed by atoms with E-state index in [1.165, 1.54) is 0 Å². The lowest BCUT2D eigenvalue weighted by Crippen LogP contribution is -2.51. The normalized spacial score (nSPS) is 20.1. The molecule has 1 aromatic heterocycles. The van der Waals surface area contributed by atoms with E-state index in [-0.39, 0.29) is 11.9 Å². The fraction of sp³-hybridized carbons (Fsp3) is 0.333. The van der Waals surface area contributed by atoms with E-state index in [9.17, 15) is 4.79 Å². The number of carbonyl (C=O) groups excluding carboxylic acids is 1. The van der Waals surface area contributed by atoms with Crippen molar-refractivity contribution in [1.82, 2.24) is 10.2 Å². The zero-order valence-electron chi connectivity index (χ0n) is 16.3. The highest BCUT2D eigenvalue weighted by Crippen LogP contribution is 2.38. The maximum Gasteiger partial charge on any atom is 0.254 e. The van der Waals surface area contributed by atoms with Gasteiger partial charge in [0, 0.05) is 39.2 Å². The van der Waals surface area contributed by atoms with Gasteiger partial charge in [0.05, 0.1) is 24.8 Å². The van der Waals surface area contributed by atoms with Gasteiger partial charge in [0.1, 0.15) is 0 Å². The molecule has 1 N–H and O–H groups in total. The lowest BCUT2D eigenvalue weighted by atomic mass is 9.98. The summed E-state index contributed by atoms with van der Waals surface area (Å²) in [6, 6.07) is 9.93. The van der Waals surface area contributed by atoms with Crippen LogP contribution in [0, 0.1) is 6.92 Å². The summed E-state index contributed by atoms with van der Waals surface area (Å²) in [6.45, 7) is 6.38. The van der Waals surface area contributed by atoms with Gasteiger partial charge in [0.25, 0.3) is 5.91 Å². The van der Waals surface area contributed by atoms with Gasteiger partial charge in [-0.2, -0.15) is 0 Å². The molecule has 0 radical (unpaired) electrons. The van der Waals surface area contributed by atoms with E-state index in [0.717, 1.165) is 31.9 Å². The van der Waals surface area contributed by atoms with E-state index >= 15 is 0 Å². The van der Waals surface area contributed by atoms with Crippen LogP contribution < -0.4 is 10.2 Å². The van der Waals surface area contributed by atoms with Gasteiger partial charge in [0.2, 0.25) is 0 Å². The maximum atomic E-state index is 13.6. The molecule has 1 amide bonds. The monoisotopic (exact) mass is 491 g/mol. The quantitative estimate of drug-likeness (QED) is 0.645. The van der Waals surface area contributed by atoms with Gasteiger partial charge in [-0.15, -0.1) is 11.3 Å². The van der Waals surface area contributed by atoms with Crippen molar-refractivity contribution < 1.29 is 9.53 Å². The average molecular weight is 492 g/mol. The first kappa shape index (κ1) is 20.5. The van der Waals surface area contributed by atoms with Crippen LogP contribution >= 0.6 is 39.5 Å². The zero-order valence-corrected chi connectivity index (χ0v) is 19.5. The zero-order chi connectivity index (χ0) is 20.5. The Morgan fingerprint density at radius 3 is 2.69 bits per heavy atom. The van der Waals surface area contributed by atoms with Crippen molar-refractivity contribution in [2.24, 2.45) is 0 Å². The fourth-order valence-corrected chi connectivity index (χ4v) is 5.59. The maximum absolute atomic E-state index is 13.6. The number of hydrogen-bond donors (Lipinski definition) is 1. The lowest BCUT2D eigenvalue weighted by molar-refractivity contribution is -0.131. The number of nitrogens with one attached hydrogen (secondary N) is 1. The highest BCUT2D eigenvalue weighted by atomic mass is 79.9. The summed E-state index contributed by atoms with van der Waals surface area (Å²) >= 11 is 10.9. The minimum atomic E-state index is -0.268. The Balaban J connectivity index is 1.81. The van der Waals surface area contributed by atoms with E-state index in [4.69, 9.17) is 17.0 Å². The Hall–Kier alpha value is -1.74. The lowest BCUT2D eigenvalue weighted by Gasteiger charge is -2.39. The molecular formula is C21H22BrN3O2S2. The molecular weight excluding hydrogens is 470 g/mol. The SMILES string of the molecule is CC1=C(C(=O)N2CCOCC2)C(c2cc(Br)cs2)NC(=S)N1c1cccc(C)c1. The van der Waals surface area contributed by atoms with Crippen LogP contribution in [0.25, 0.3) is 0 Å². The third-order valence-corrected chi connectivity index (χ3v) is 7.20. The molecule has 1 atom stereocenters. The highest BCUT2D eigenvalue weighted by Gasteiger charge is 2.37. The summed E-state index contributed by atoms with van der Waals surface area (Å²) in [5.41, 5.74) is 3.70. The third-order valence-electron chi connectivity index (χ3n) is 5.15. The molecule has 0 saturated carbocycles. The number of anilines is 1. The molecule has 1 unspecified atom stereocenters. The van der Waals surface area contributed by atoms with Crippen molar-refractivity contribution in [2.45, 2.75) is 19.9 Å². The third kappa shape index (κ3) is 4.12. The van der Waals surface area contributed by atoms with Crippen LogP contribution in [0.5, 0.6) is 0 Å². The molecule has 2 aliphatic rings. The number of nitrogens with zero attached hydrogens (tertiary/aromatic N) is 2. The second kappa shape index (κ2) is 8.55. The van der Waals surface area contributed by atoms with Crippen molar-refractivity contribution in [3.8, 4) is 0 Å². The van der Waals surface area contributed by atoms with Crippen LogP contribution in [0.4, 0.5) is 5.69 Å². The number of thiocarbonyl (C=S) groups is 1. The van der Waals surface area contributed by atoms with Crippen LogP contribution in [-0.4, -0.2) is 42.2 Å². The molecule has 1 aromatic carbocycles. The standard InChI is InChI=1S/C21H22BrN3O2S2/c1-13-4-3-5-16(10-13)25-14(2)18(20(26)24-6-8-27-9-7-24)19(23-21(25)28)17-11-15(22)12-29-17/h3-5,10-12,19H,6-9H2,1-2H3,(H,23,28). The van der Waals surface area contributed by atoms with Crippen molar-refractivity contribution in [2.75, 3.05) is 31.2 Å². The Morgan fingerprint density at radius 2 is 2.03 bits per heavy atom. The minimum Gasteiger partial charge on any atom is -0.378 e. The van der Waals surface area contributed by atoms with Crippen molar-refractivity contribution in [1.29, 1.82) is 0 Å². The topological polar surface area (TPSA) is 44.8 Å².